The first-order chi connectivity index (χ1) is 10.6. The number of benzene rings is 1. The van der Waals surface area contributed by atoms with Gasteiger partial charge in [-0.25, -0.2) is 4.98 Å². The van der Waals surface area contributed by atoms with Crippen LogP contribution in [0.1, 0.15) is 35.8 Å². The Labute approximate surface area is 132 Å². The maximum absolute atomic E-state index is 12.2. The average molecular weight is 297 g/mol. The molecule has 0 atom stereocenters. The van der Waals surface area contributed by atoms with E-state index in [4.69, 9.17) is 0 Å². The lowest BCUT2D eigenvalue weighted by molar-refractivity contribution is 0.102. The zero-order chi connectivity index (χ0) is 15.9. The summed E-state index contributed by atoms with van der Waals surface area (Å²) in [5, 5.41) is 2.89. The quantitative estimate of drug-likeness (QED) is 0.880. The summed E-state index contributed by atoms with van der Waals surface area (Å²) in [5.74, 6) is -0.183. The van der Waals surface area contributed by atoms with Crippen molar-refractivity contribution in [1.29, 1.82) is 0 Å². The van der Waals surface area contributed by atoms with E-state index in [0.717, 1.165) is 36.3 Å². The van der Waals surface area contributed by atoms with Crippen molar-refractivity contribution in [3.05, 3.63) is 53.9 Å². The molecule has 2 aromatic rings. The summed E-state index contributed by atoms with van der Waals surface area (Å²) in [6.07, 6.45) is 4.06. The molecule has 0 unspecified atom stereocenters. The monoisotopic (exact) mass is 297 g/mol. The lowest BCUT2D eigenvalue weighted by atomic mass is 10.2. The van der Waals surface area contributed by atoms with Crippen molar-refractivity contribution >= 4 is 17.3 Å². The molecule has 0 saturated carbocycles. The van der Waals surface area contributed by atoms with Gasteiger partial charge in [0, 0.05) is 19.3 Å². The zero-order valence-electron chi connectivity index (χ0n) is 13.5. The van der Waals surface area contributed by atoms with Crippen LogP contribution in [0.25, 0.3) is 0 Å². The average Bonchev–Trinajstić information content (AvgIpc) is 2.55. The van der Waals surface area contributed by atoms with Gasteiger partial charge in [0.2, 0.25) is 0 Å². The predicted octanol–water partition coefficient (Wildman–Crippen LogP) is 3.88. The summed E-state index contributed by atoms with van der Waals surface area (Å²) >= 11 is 0. The Hall–Kier alpha value is -2.36. The molecule has 0 spiro atoms. The highest BCUT2D eigenvalue weighted by atomic mass is 16.1. The molecular formula is C18H23N3O. The van der Waals surface area contributed by atoms with Gasteiger partial charge in [-0.3, -0.25) is 4.79 Å². The van der Waals surface area contributed by atoms with E-state index < -0.39 is 0 Å². The number of hydrogen-bond acceptors (Lipinski definition) is 3. The normalized spacial score (nSPS) is 10.3. The van der Waals surface area contributed by atoms with E-state index >= 15 is 0 Å². The van der Waals surface area contributed by atoms with Crippen LogP contribution in [0.2, 0.25) is 0 Å². The summed E-state index contributed by atoms with van der Waals surface area (Å²) < 4.78 is 0. The molecule has 0 aliphatic heterocycles. The molecule has 22 heavy (non-hydrogen) atoms. The van der Waals surface area contributed by atoms with Crippen LogP contribution in [0.3, 0.4) is 0 Å². The summed E-state index contributed by atoms with van der Waals surface area (Å²) in [6, 6.07) is 11.4. The van der Waals surface area contributed by atoms with Crippen molar-refractivity contribution in [2.24, 2.45) is 0 Å². The van der Waals surface area contributed by atoms with Crippen LogP contribution in [0, 0.1) is 6.92 Å². The highest BCUT2D eigenvalue weighted by Crippen LogP contribution is 2.16. The number of pyridine rings is 1. The minimum absolute atomic E-state index is 0.183. The Morgan fingerprint density at radius 3 is 2.64 bits per heavy atom. The van der Waals surface area contributed by atoms with E-state index in [-0.39, 0.29) is 5.91 Å². The predicted molar refractivity (Wildman–Crippen MR) is 91.5 cm³/mol. The number of nitrogens with one attached hydrogen (secondary N) is 1. The minimum Gasteiger partial charge on any atom is -0.373 e. The van der Waals surface area contributed by atoms with Crippen molar-refractivity contribution in [1.82, 2.24) is 4.98 Å². The lowest BCUT2D eigenvalue weighted by Crippen LogP contribution is -2.19. The Morgan fingerprint density at radius 1 is 1.23 bits per heavy atom. The van der Waals surface area contributed by atoms with Gasteiger partial charge in [-0.2, -0.15) is 0 Å². The Morgan fingerprint density at radius 2 is 2.00 bits per heavy atom. The van der Waals surface area contributed by atoms with Gasteiger partial charge in [-0.05, 0) is 37.1 Å². The number of rotatable bonds is 6. The number of anilines is 2. The molecule has 0 fully saturated rings. The SMILES string of the molecule is CCCCN(C)c1ccc(C(=O)Nc2ccccc2C)nc1. The van der Waals surface area contributed by atoms with Gasteiger partial charge in [0.05, 0.1) is 11.9 Å². The van der Waals surface area contributed by atoms with E-state index in [1.54, 1.807) is 12.3 Å². The molecule has 1 amide bonds. The fraction of sp³-hybridized carbons (Fsp3) is 0.333. The Balaban J connectivity index is 2.04. The Bertz CT molecular complexity index is 622. The van der Waals surface area contributed by atoms with Gasteiger partial charge in [-0.1, -0.05) is 31.5 Å². The van der Waals surface area contributed by atoms with Crippen molar-refractivity contribution in [3.8, 4) is 0 Å². The van der Waals surface area contributed by atoms with Gasteiger partial charge in [0.25, 0.3) is 5.91 Å². The molecule has 1 aromatic heterocycles. The molecule has 2 rings (SSSR count). The minimum atomic E-state index is -0.183. The third-order valence-corrected chi connectivity index (χ3v) is 3.66. The van der Waals surface area contributed by atoms with Gasteiger partial charge in [0.1, 0.15) is 5.69 Å². The Kier molecular flexibility index (Phi) is 5.53. The molecular weight excluding hydrogens is 274 g/mol. The summed E-state index contributed by atoms with van der Waals surface area (Å²) in [7, 11) is 2.04. The second-order valence-electron chi connectivity index (χ2n) is 5.45. The molecule has 0 bridgehead atoms. The highest BCUT2D eigenvalue weighted by molar-refractivity contribution is 6.03. The summed E-state index contributed by atoms with van der Waals surface area (Å²) in [5.41, 5.74) is 3.31. The number of para-hydroxylation sites is 1. The van der Waals surface area contributed by atoms with Crippen LogP contribution in [0.5, 0.6) is 0 Å². The van der Waals surface area contributed by atoms with Gasteiger partial charge >= 0.3 is 0 Å². The fourth-order valence-electron chi connectivity index (χ4n) is 2.17. The second kappa shape index (κ2) is 7.59. The van der Waals surface area contributed by atoms with E-state index in [1.165, 1.54) is 0 Å². The lowest BCUT2D eigenvalue weighted by Gasteiger charge is -2.18. The van der Waals surface area contributed by atoms with E-state index in [2.05, 4.69) is 22.1 Å². The van der Waals surface area contributed by atoms with E-state index in [9.17, 15) is 4.79 Å². The molecule has 116 valence electrons. The third kappa shape index (κ3) is 4.07. The molecule has 0 aliphatic carbocycles. The first-order valence-electron chi connectivity index (χ1n) is 7.66. The van der Waals surface area contributed by atoms with Crippen LogP contribution in [0.4, 0.5) is 11.4 Å². The first kappa shape index (κ1) is 16.0. The highest BCUT2D eigenvalue weighted by Gasteiger charge is 2.09. The number of hydrogen-bond donors (Lipinski definition) is 1. The molecule has 0 saturated heterocycles. The number of nitrogens with zero attached hydrogens (tertiary/aromatic N) is 2. The van der Waals surface area contributed by atoms with Crippen LogP contribution < -0.4 is 10.2 Å². The third-order valence-electron chi connectivity index (χ3n) is 3.66. The van der Waals surface area contributed by atoms with Gasteiger partial charge < -0.3 is 10.2 Å². The number of aryl methyl sites for hydroxylation is 1. The second-order valence-corrected chi connectivity index (χ2v) is 5.45. The largest absolute Gasteiger partial charge is 0.373 e. The number of carbonyl (C=O) groups is 1. The maximum atomic E-state index is 12.2. The smallest absolute Gasteiger partial charge is 0.274 e. The number of aromatic nitrogens is 1. The molecule has 1 N–H and O–H groups in total. The van der Waals surface area contributed by atoms with E-state index in [1.807, 2.05) is 44.3 Å². The molecule has 0 radical (unpaired) electrons. The van der Waals surface area contributed by atoms with E-state index in [0.29, 0.717) is 5.69 Å². The fourth-order valence-corrected chi connectivity index (χ4v) is 2.17. The topological polar surface area (TPSA) is 45.2 Å². The number of carbonyl (C=O) groups excluding carboxylic acids is 1. The standard InChI is InChI=1S/C18H23N3O/c1-4-5-12-21(3)15-10-11-17(19-13-15)18(22)20-16-9-7-6-8-14(16)2/h6-11,13H,4-5,12H2,1-3H3,(H,20,22). The van der Waals surface area contributed by atoms with Crippen LogP contribution in [-0.4, -0.2) is 24.5 Å². The molecule has 0 aliphatic rings. The van der Waals surface area contributed by atoms with Crippen LogP contribution in [-0.2, 0) is 0 Å². The van der Waals surface area contributed by atoms with Crippen LogP contribution in [0.15, 0.2) is 42.6 Å². The molecule has 1 heterocycles. The number of unbranched alkanes of at least 4 members (excludes halogenated alkanes) is 1. The van der Waals surface area contributed by atoms with Crippen molar-refractivity contribution in [2.75, 3.05) is 23.8 Å². The first-order valence-corrected chi connectivity index (χ1v) is 7.66. The summed E-state index contributed by atoms with van der Waals surface area (Å²) in [4.78, 5) is 18.7. The van der Waals surface area contributed by atoms with Crippen LogP contribution >= 0.6 is 0 Å². The molecule has 4 nitrogen and oxygen atoms in total. The molecule has 4 heteroatoms. The van der Waals surface area contributed by atoms with Crippen molar-refractivity contribution < 1.29 is 4.79 Å². The maximum Gasteiger partial charge on any atom is 0.274 e. The van der Waals surface area contributed by atoms with Crippen molar-refractivity contribution in [2.45, 2.75) is 26.7 Å². The molecule has 1 aromatic carbocycles. The van der Waals surface area contributed by atoms with Gasteiger partial charge in [0.15, 0.2) is 0 Å². The number of amides is 1. The van der Waals surface area contributed by atoms with Gasteiger partial charge in [-0.15, -0.1) is 0 Å². The van der Waals surface area contributed by atoms with Crippen molar-refractivity contribution in [3.63, 3.8) is 0 Å². The summed E-state index contributed by atoms with van der Waals surface area (Å²) in [6.45, 7) is 5.13. The zero-order valence-corrected chi connectivity index (χ0v) is 13.5.